The number of nitrogens with one attached hydrogen (secondary N) is 1. The predicted molar refractivity (Wildman–Crippen MR) is 67.1 cm³/mol. The molecule has 0 atom stereocenters. The van der Waals surface area contributed by atoms with Gasteiger partial charge in [0.05, 0.1) is 4.92 Å². The average molecular weight is 283 g/mol. The SMILES string of the molecule is Nc1cc(Nc2cc(F)c(F)c(F)c2)ccc1[N+](=O)[O-]. The quantitative estimate of drug-likeness (QED) is 0.392. The van der Waals surface area contributed by atoms with Gasteiger partial charge in [-0.2, -0.15) is 0 Å². The summed E-state index contributed by atoms with van der Waals surface area (Å²) in [6.07, 6.45) is 0. The zero-order valence-corrected chi connectivity index (χ0v) is 9.86. The van der Waals surface area contributed by atoms with Gasteiger partial charge in [-0.3, -0.25) is 10.1 Å². The lowest BCUT2D eigenvalue weighted by molar-refractivity contribution is -0.383. The molecule has 0 heterocycles. The van der Waals surface area contributed by atoms with E-state index < -0.39 is 22.4 Å². The molecule has 0 radical (unpaired) electrons. The topological polar surface area (TPSA) is 81.2 Å². The molecule has 0 aromatic heterocycles. The van der Waals surface area contributed by atoms with Gasteiger partial charge in [0.1, 0.15) is 5.69 Å². The maximum absolute atomic E-state index is 13.0. The number of nitro groups is 1. The van der Waals surface area contributed by atoms with Crippen molar-refractivity contribution >= 4 is 22.7 Å². The van der Waals surface area contributed by atoms with E-state index in [4.69, 9.17) is 5.73 Å². The van der Waals surface area contributed by atoms with Gasteiger partial charge in [-0.1, -0.05) is 0 Å². The third-order valence-corrected chi connectivity index (χ3v) is 2.50. The van der Waals surface area contributed by atoms with Crippen LogP contribution in [-0.4, -0.2) is 4.92 Å². The van der Waals surface area contributed by atoms with Gasteiger partial charge in [-0.25, -0.2) is 13.2 Å². The van der Waals surface area contributed by atoms with Gasteiger partial charge in [0.25, 0.3) is 5.69 Å². The summed E-state index contributed by atoms with van der Waals surface area (Å²) >= 11 is 0. The van der Waals surface area contributed by atoms with Crippen molar-refractivity contribution in [3.05, 3.63) is 57.9 Å². The van der Waals surface area contributed by atoms with Gasteiger partial charge in [-0.05, 0) is 12.1 Å². The van der Waals surface area contributed by atoms with Crippen LogP contribution >= 0.6 is 0 Å². The Labute approximate surface area is 111 Å². The summed E-state index contributed by atoms with van der Waals surface area (Å²) in [7, 11) is 0. The van der Waals surface area contributed by atoms with Gasteiger partial charge >= 0.3 is 0 Å². The number of benzene rings is 2. The van der Waals surface area contributed by atoms with Crippen molar-refractivity contribution in [2.24, 2.45) is 0 Å². The Morgan fingerprint density at radius 3 is 2.15 bits per heavy atom. The summed E-state index contributed by atoms with van der Waals surface area (Å²) in [6, 6.07) is 5.21. The summed E-state index contributed by atoms with van der Waals surface area (Å²) in [5, 5.41) is 13.2. The smallest absolute Gasteiger partial charge is 0.292 e. The molecular weight excluding hydrogens is 275 g/mol. The van der Waals surface area contributed by atoms with Crippen molar-refractivity contribution < 1.29 is 18.1 Å². The fourth-order valence-electron chi connectivity index (χ4n) is 1.59. The van der Waals surface area contributed by atoms with E-state index in [1.807, 2.05) is 0 Å². The third-order valence-electron chi connectivity index (χ3n) is 2.50. The number of nitrogen functional groups attached to an aromatic ring is 1. The molecular formula is C12H8F3N3O2. The van der Waals surface area contributed by atoms with Crippen molar-refractivity contribution in [1.29, 1.82) is 0 Å². The molecule has 0 aliphatic carbocycles. The molecule has 20 heavy (non-hydrogen) atoms. The van der Waals surface area contributed by atoms with Crippen LogP contribution in [0.3, 0.4) is 0 Å². The summed E-state index contributed by atoms with van der Waals surface area (Å²) in [5.41, 5.74) is 5.31. The molecule has 0 unspecified atom stereocenters. The Kier molecular flexibility index (Phi) is 3.47. The highest BCUT2D eigenvalue weighted by atomic mass is 19.2. The molecule has 0 fully saturated rings. The van der Waals surface area contributed by atoms with Crippen molar-refractivity contribution in [2.75, 3.05) is 11.1 Å². The largest absolute Gasteiger partial charge is 0.393 e. The standard InChI is InChI=1S/C12H8F3N3O2/c13-8-3-7(4-9(14)12(8)15)17-6-1-2-11(18(19)20)10(16)5-6/h1-5,17H,16H2. The molecule has 0 amide bonds. The summed E-state index contributed by atoms with van der Waals surface area (Å²) in [5.74, 6) is -4.26. The second-order valence-corrected chi connectivity index (χ2v) is 3.91. The van der Waals surface area contributed by atoms with Crippen molar-refractivity contribution in [3.63, 3.8) is 0 Å². The number of hydrogen-bond donors (Lipinski definition) is 2. The van der Waals surface area contributed by atoms with Gasteiger partial charge in [0, 0.05) is 29.6 Å². The van der Waals surface area contributed by atoms with Gasteiger partial charge in [0.2, 0.25) is 0 Å². The highest BCUT2D eigenvalue weighted by Gasteiger charge is 2.13. The van der Waals surface area contributed by atoms with E-state index in [0.29, 0.717) is 0 Å². The minimum absolute atomic E-state index is 0.0466. The van der Waals surface area contributed by atoms with E-state index in [1.165, 1.54) is 12.1 Å². The first-order valence-electron chi connectivity index (χ1n) is 5.34. The number of nitrogens with zero attached hydrogens (tertiary/aromatic N) is 1. The highest BCUT2D eigenvalue weighted by Crippen LogP contribution is 2.27. The highest BCUT2D eigenvalue weighted by molar-refractivity contribution is 5.69. The second-order valence-electron chi connectivity index (χ2n) is 3.91. The first-order valence-corrected chi connectivity index (χ1v) is 5.34. The number of hydrogen-bond acceptors (Lipinski definition) is 4. The molecule has 3 N–H and O–H groups in total. The summed E-state index contributed by atoms with van der Waals surface area (Å²) in [6.45, 7) is 0. The van der Waals surface area contributed by atoms with E-state index in [9.17, 15) is 23.3 Å². The van der Waals surface area contributed by atoms with E-state index in [2.05, 4.69) is 5.32 Å². The average Bonchev–Trinajstić information content (AvgIpc) is 2.35. The van der Waals surface area contributed by atoms with Crippen LogP contribution in [0.1, 0.15) is 0 Å². The number of halogens is 3. The van der Waals surface area contributed by atoms with E-state index >= 15 is 0 Å². The number of nitrogens with two attached hydrogens (primary N) is 1. The van der Waals surface area contributed by atoms with Crippen LogP contribution in [0.15, 0.2) is 30.3 Å². The molecule has 0 saturated carbocycles. The van der Waals surface area contributed by atoms with Crippen LogP contribution in [0.4, 0.5) is 35.9 Å². The van der Waals surface area contributed by atoms with Crippen LogP contribution < -0.4 is 11.1 Å². The van der Waals surface area contributed by atoms with Crippen LogP contribution in [0.25, 0.3) is 0 Å². The van der Waals surface area contributed by atoms with Crippen LogP contribution in [0.2, 0.25) is 0 Å². The van der Waals surface area contributed by atoms with Gasteiger partial charge < -0.3 is 11.1 Å². The number of nitro benzene ring substituents is 1. The van der Waals surface area contributed by atoms with E-state index in [1.54, 1.807) is 0 Å². The van der Waals surface area contributed by atoms with Gasteiger partial charge in [-0.15, -0.1) is 0 Å². The Morgan fingerprint density at radius 1 is 1.05 bits per heavy atom. The second kappa shape index (κ2) is 5.08. The van der Waals surface area contributed by atoms with Crippen LogP contribution in [-0.2, 0) is 0 Å². The summed E-state index contributed by atoms with van der Waals surface area (Å²) in [4.78, 5) is 9.93. The maximum Gasteiger partial charge on any atom is 0.292 e. The zero-order chi connectivity index (χ0) is 14.9. The van der Waals surface area contributed by atoms with E-state index in [0.717, 1.165) is 18.2 Å². The summed E-state index contributed by atoms with van der Waals surface area (Å²) < 4.78 is 38.8. The van der Waals surface area contributed by atoms with Gasteiger partial charge in [0.15, 0.2) is 17.5 Å². The Morgan fingerprint density at radius 2 is 1.65 bits per heavy atom. The molecule has 0 aliphatic heterocycles. The monoisotopic (exact) mass is 283 g/mol. The molecule has 0 bridgehead atoms. The fraction of sp³-hybridized carbons (Fsp3) is 0. The van der Waals surface area contributed by atoms with Crippen molar-refractivity contribution in [3.8, 4) is 0 Å². The fourth-order valence-corrected chi connectivity index (χ4v) is 1.59. The number of rotatable bonds is 3. The molecule has 0 aliphatic rings. The predicted octanol–water partition coefficient (Wildman–Crippen LogP) is 3.34. The van der Waals surface area contributed by atoms with Crippen LogP contribution in [0.5, 0.6) is 0 Å². The molecule has 2 aromatic carbocycles. The number of anilines is 3. The molecule has 0 saturated heterocycles. The van der Waals surface area contributed by atoms with Crippen LogP contribution in [0, 0.1) is 27.6 Å². The Hall–Kier alpha value is -2.77. The normalized spacial score (nSPS) is 10.3. The molecule has 0 spiro atoms. The molecule has 2 rings (SSSR count). The molecule has 104 valence electrons. The first kappa shape index (κ1) is 13.7. The van der Waals surface area contributed by atoms with E-state index in [-0.39, 0.29) is 22.7 Å². The van der Waals surface area contributed by atoms with Crippen molar-refractivity contribution in [1.82, 2.24) is 0 Å². The lowest BCUT2D eigenvalue weighted by atomic mass is 10.2. The maximum atomic E-state index is 13.0. The lowest BCUT2D eigenvalue weighted by Gasteiger charge is -2.08. The first-order chi connectivity index (χ1) is 9.38. The zero-order valence-electron chi connectivity index (χ0n) is 9.86. The lowest BCUT2D eigenvalue weighted by Crippen LogP contribution is -1.99. The Bertz CT molecular complexity index is 669. The minimum Gasteiger partial charge on any atom is -0.393 e. The van der Waals surface area contributed by atoms with Crippen molar-refractivity contribution in [2.45, 2.75) is 0 Å². The molecule has 2 aromatic rings. The third kappa shape index (κ3) is 2.63. The molecule has 8 heteroatoms. The molecule has 5 nitrogen and oxygen atoms in total. The minimum atomic E-state index is -1.57. The Balaban J connectivity index is 2.31.